The van der Waals surface area contributed by atoms with Crippen molar-refractivity contribution in [2.75, 3.05) is 14.2 Å². The molecule has 1 rings (SSSR count). The Morgan fingerprint density at radius 2 is 1.76 bits per heavy atom. The molecule has 0 spiro atoms. The van der Waals surface area contributed by atoms with Gasteiger partial charge < -0.3 is 14.6 Å². The summed E-state index contributed by atoms with van der Waals surface area (Å²) >= 11 is 3.44. The maximum atomic E-state index is 10.2. The molecule has 0 aromatic heterocycles. The van der Waals surface area contributed by atoms with Gasteiger partial charge in [0.25, 0.3) is 0 Å². The van der Waals surface area contributed by atoms with Crippen molar-refractivity contribution in [1.82, 2.24) is 0 Å². The SMILES string of the molecule is CCc1c(C(C)(C)O)cc(Br)c(OC)c1OC. The van der Waals surface area contributed by atoms with Gasteiger partial charge in [-0.05, 0) is 47.8 Å². The van der Waals surface area contributed by atoms with E-state index in [1.165, 1.54) is 0 Å². The molecule has 0 heterocycles. The van der Waals surface area contributed by atoms with Crippen LogP contribution in [0.25, 0.3) is 0 Å². The first-order valence-electron chi connectivity index (χ1n) is 5.53. The molecule has 0 aliphatic rings. The minimum atomic E-state index is -0.909. The zero-order valence-electron chi connectivity index (χ0n) is 10.9. The molecule has 1 N–H and O–H groups in total. The van der Waals surface area contributed by atoms with Gasteiger partial charge in [-0.3, -0.25) is 0 Å². The van der Waals surface area contributed by atoms with Crippen LogP contribution < -0.4 is 9.47 Å². The minimum absolute atomic E-state index is 0.664. The minimum Gasteiger partial charge on any atom is -0.493 e. The summed E-state index contributed by atoms with van der Waals surface area (Å²) in [6.07, 6.45) is 0.770. The third kappa shape index (κ3) is 2.75. The van der Waals surface area contributed by atoms with Gasteiger partial charge in [0.2, 0.25) is 0 Å². The lowest BCUT2D eigenvalue weighted by Gasteiger charge is -2.25. The number of rotatable bonds is 4. The topological polar surface area (TPSA) is 38.7 Å². The van der Waals surface area contributed by atoms with Crippen molar-refractivity contribution in [3.63, 3.8) is 0 Å². The van der Waals surface area contributed by atoms with Crippen LogP contribution in [0.4, 0.5) is 0 Å². The van der Waals surface area contributed by atoms with E-state index < -0.39 is 5.60 Å². The van der Waals surface area contributed by atoms with Gasteiger partial charge in [-0.15, -0.1) is 0 Å². The van der Waals surface area contributed by atoms with Gasteiger partial charge in [0.1, 0.15) is 0 Å². The van der Waals surface area contributed by atoms with Crippen molar-refractivity contribution in [3.8, 4) is 11.5 Å². The highest BCUT2D eigenvalue weighted by atomic mass is 79.9. The van der Waals surface area contributed by atoms with Crippen LogP contribution in [0.2, 0.25) is 0 Å². The van der Waals surface area contributed by atoms with Crippen molar-refractivity contribution >= 4 is 15.9 Å². The number of hydrogen-bond donors (Lipinski definition) is 1. The van der Waals surface area contributed by atoms with Crippen molar-refractivity contribution < 1.29 is 14.6 Å². The number of halogens is 1. The third-order valence-electron chi connectivity index (χ3n) is 2.71. The van der Waals surface area contributed by atoms with E-state index in [4.69, 9.17) is 9.47 Å². The average Bonchev–Trinajstić information content (AvgIpc) is 2.26. The van der Waals surface area contributed by atoms with E-state index in [-0.39, 0.29) is 0 Å². The van der Waals surface area contributed by atoms with Gasteiger partial charge in [-0.2, -0.15) is 0 Å². The molecule has 1 aromatic carbocycles. The number of aliphatic hydroxyl groups is 1. The monoisotopic (exact) mass is 302 g/mol. The number of methoxy groups -OCH3 is 2. The molecule has 0 saturated carbocycles. The number of hydrogen-bond acceptors (Lipinski definition) is 3. The zero-order valence-corrected chi connectivity index (χ0v) is 12.5. The Morgan fingerprint density at radius 1 is 1.24 bits per heavy atom. The Hall–Kier alpha value is -0.740. The van der Waals surface area contributed by atoms with E-state index in [0.717, 1.165) is 22.0 Å². The Morgan fingerprint density at radius 3 is 2.12 bits per heavy atom. The summed E-state index contributed by atoms with van der Waals surface area (Å²) in [5.74, 6) is 1.35. The highest BCUT2D eigenvalue weighted by Crippen LogP contribution is 2.43. The first-order valence-corrected chi connectivity index (χ1v) is 6.32. The highest BCUT2D eigenvalue weighted by molar-refractivity contribution is 9.10. The van der Waals surface area contributed by atoms with Gasteiger partial charge in [-0.1, -0.05) is 6.92 Å². The van der Waals surface area contributed by atoms with Gasteiger partial charge in [0.05, 0.1) is 24.3 Å². The molecule has 1 aromatic rings. The molecular formula is C13H19BrO3. The average molecular weight is 303 g/mol. The molecule has 0 aliphatic carbocycles. The van der Waals surface area contributed by atoms with Crippen molar-refractivity contribution in [3.05, 3.63) is 21.7 Å². The van der Waals surface area contributed by atoms with E-state index in [2.05, 4.69) is 15.9 Å². The lowest BCUT2D eigenvalue weighted by Crippen LogP contribution is -2.19. The van der Waals surface area contributed by atoms with E-state index in [1.54, 1.807) is 28.1 Å². The fraction of sp³-hybridized carbons (Fsp3) is 0.538. The summed E-state index contributed by atoms with van der Waals surface area (Å²) in [6.45, 7) is 5.56. The Bertz CT molecular complexity index is 408. The molecule has 0 aliphatic heterocycles. The second-order valence-electron chi connectivity index (χ2n) is 4.36. The summed E-state index contributed by atoms with van der Waals surface area (Å²) < 4.78 is 11.5. The van der Waals surface area contributed by atoms with Crippen LogP contribution in [-0.4, -0.2) is 19.3 Å². The van der Waals surface area contributed by atoms with E-state index in [9.17, 15) is 5.11 Å². The molecule has 4 heteroatoms. The first kappa shape index (κ1) is 14.3. The van der Waals surface area contributed by atoms with Gasteiger partial charge >= 0.3 is 0 Å². The zero-order chi connectivity index (χ0) is 13.2. The summed E-state index contributed by atoms with van der Waals surface area (Å²) in [4.78, 5) is 0. The Labute approximate surface area is 111 Å². The van der Waals surface area contributed by atoms with Crippen LogP contribution in [0.5, 0.6) is 11.5 Å². The van der Waals surface area contributed by atoms with Crippen LogP contribution in [-0.2, 0) is 12.0 Å². The maximum absolute atomic E-state index is 10.2. The Balaban J connectivity index is 3.59. The summed E-state index contributed by atoms with van der Waals surface area (Å²) in [5.41, 5.74) is 0.914. The predicted molar refractivity (Wildman–Crippen MR) is 71.9 cm³/mol. The number of ether oxygens (including phenoxy) is 2. The molecule has 96 valence electrons. The van der Waals surface area contributed by atoms with Crippen molar-refractivity contribution in [2.24, 2.45) is 0 Å². The van der Waals surface area contributed by atoms with E-state index in [1.807, 2.05) is 13.0 Å². The summed E-state index contributed by atoms with van der Waals surface area (Å²) in [6, 6.07) is 1.89. The van der Waals surface area contributed by atoms with Gasteiger partial charge in [0.15, 0.2) is 11.5 Å². The summed E-state index contributed by atoms with van der Waals surface area (Å²) in [5, 5.41) is 10.2. The van der Waals surface area contributed by atoms with Crippen molar-refractivity contribution in [2.45, 2.75) is 32.8 Å². The van der Waals surface area contributed by atoms with Crippen molar-refractivity contribution in [1.29, 1.82) is 0 Å². The predicted octanol–water partition coefficient (Wildman–Crippen LogP) is 3.26. The normalized spacial score (nSPS) is 11.5. The quantitative estimate of drug-likeness (QED) is 0.928. The van der Waals surface area contributed by atoms with Gasteiger partial charge in [0, 0.05) is 5.56 Å². The van der Waals surface area contributed by atoms with E-state index >= 15 is 0 Å². The molecule has 0 radical (unpaired) electrons. The maximum Gasteiger partial charge on any atom is 0.175 e. The molecule has 0 fully saturated rings. The molecule has 3 nitrogen and oxygen atoms in total. The molecule has 0 saturated heterocycles. The van der Waals surface area contributed by atoms with E-state index in [0.29, 0.717) is 11.5 Å². The Kier molecular flexibility index (Phi) is 4.44. The second kappa shape index (κ2) is 5.27. The first-order chi connectivity index (χ1) is 7.86. The van der Waals surface area contributed by atoms with Crippen LogP contribution in [0.15, 0.2) is 10.5 Å². The lowest BCUT2D eigenvalue weighted by atomic mass is 9.91. The second-order valence-corrected chi connectivity index (χ2v) is 5.22. The fourth-order valence-corrected chi connectivity index (χ4v) is 2.52. The molecule has 17 heavy (non-hydrogen) atoms. The number of benzene rings is 1. The lowest BCUT2D eigenvalue weighted by molar-refractivity contribution is 0.0771. The third-order valence-corrected chi connectivity index (χ3v) is 3.30. The fourth-order valence-electron chi connectivity index (χ4n) is 1.95. The highest BCUT2D eigenvalue weighted by Gasteiger charge is 2.25. The van der Waals surface area contributed by atoms with Gasteiger partial charge in [-0.25, -0.2) is 0 Å². The molecule has 0 atom stereocenters. The van der Waals surface area contributed by atoms with Crippen LogP contribution >= 0.6 is 15.9 Å². The molecular weight excluding hydrogens is 284 g/mol. The largest absolute Gasteiger partial charge is 0.493 e. The molecule has 0 bridgehead atoms. The van der Waals surface area contributed by atoms with Crippen LogP contribution in [0, 0.1) is 0 Å². The smallest absolute Gasteiger partial charge is 0.175 e. The van der Waals surface area contributed by atoms with Crippen LogP contribution in [0.1, 0.15) is 31.9 Å². The standard InChI is InChI=1S/C13H19BrO3/c1-6-8-9(13(2,3)15)7-10(14)12(17-5)11(8)16-4/h7,15H,6H2,1-5H3. The van der Waals surface area contributed by atoms with Crippen LogP contribution in [0.3, 0.4) is 0 Å². The summed E-state index contributed by atoms with van der Waals surface area (Å²) in [7, 11) is 3.21. The molecule has 0 unspecified atom stereocenters. The molecule has 0 amide bonds.